The summed E-state index contributed by atoms with van der Waals surface area (Å²) < 4.78 is 25.6. The molecule has 1 aliphatic heterocycles. The van der Waals surface area contributed by atoms with E-state index in [1.165, 1.54) is 37.6 Å². The van der Waals surface area contributed by atoms with Crippen LogP contribution >= 0.6 is 0 Å². The van der Waals surface area contributed by atoms with Gasteiger partial charge in [0.2, 0.25) is 0 Å². The largest absolute Gasteiger partial charge is 0.493 e. The van der Waals surface area contributed by atoms with Gasteiger partial charge in [-0.2, -0.15) is 0 Å². The number of ether oxygens (including phenoxy) is 4. The molecule has 0 saturated carbocycles. The van der Waals surface area contributed by atoms with Crippen molar-refractivity contribution in [2.45, 2.75) is 0 Å². The smallest absolute Gasteiger partial charge is 0.338 e. The Morgan fingerprint density at radius 3 is 2.63 bits per heavy atom. The predicted octanol–water partition coefficient (Wildman–Crippen LogP) is 0.716. The lowest BCUT2D eigenvalue weighted by Crippen LogP contribution is -2.43. The topological polar surface area (TPSA) is 129 Å². The molecule has 160 valence electrons. The molecule has 1 N–H and O–H groups in total. The number of morpholine rings is 1. The van der Waals surface area contributed by atoms with E-state index in [2.05, 4.69) is 15.0 Å². The second-order valence-electron chi connectivity index (χ2n) is 6.16. The molecule has 11 heteroatoms. The van der Waals surface area contributed by atoms with Crippen molar-refractivity contribution in [2.75, 3.05) is 51.9 Å². The fourth-order valence-corrected chi connectivity index (χ4v) is 2.63. The number of amides is 2. The van der Waals surface area contributed by atoms with Crippen molar-refractivity contribution in [3.05, 3.63) is 36.1 Å². The second kappa shape index (κ2) is 10.3. The first kappa shape index (κ1) is 21.1. The summed E-state index contributed by atoms with van der Waals surface area (Å²) in [5.41, 5.74) is 0.160. The van der Waals surface area contributed by atoms with E-state index in [1.807, 2.05) is 0 Å². The van der Waals surface area contributed by atoms with Gasteiger partial charge in [0.1, 0.15) is 6.26 Å². The first-order valence-corrected chi connectivity index (χ1v) is 9.10. The van der Waals surface area contributed by atoms with Crippen LogP contribution in [-0.2, 0) is 19.1 Å². The van der Waals surface area contributed by atoms with Gasteiger partial charge in [-0.15, -0.1) is 0 Å². The maximum atomic E-state index is 12.2. The number of hydrogen-bond acceptors (Lipinski definition) is 9. The van der Waals surface area contributed by atoms with Gasteiger partial charge in [0.25, 0.3) is 11.8 Å². The Morgan fingerprint density at radius 1 is 1.13 bits per heavy atom. The average molecular weight is 419 g/mol. The molecular formula is C19H21N3O8. The molecule has 0 spiro atoms. The van der Waals surface area contributed by atoms with Crippen LogP contribution in [0.15, 0.2) is 35.1 Å². The van der Waals surface area contributed by atoms with Crippen molar-refractivity contribution in [3.63, 3.8) is 0 Å². The molecule has 1 fully saturated rings. The summed E-state index contributed by atoms with van der Waals surface area (Å²) in [5.74, 6) is -0.677. The van der Waals surface area contributed by atoms with Crippen molar-refractivity contribution < 1.29 is 37.9 Å². The molecule has 2 aromatic rings. The summed E-state index contributed by atoms with van der Waals surface area (Å²) in [4.78, 5) is 37.8. The molecule has 1 saturated heterocycles. The highest BCUT2D eigenvalue weighted by Crippen LogP contribution is 2.28. The lowest BCUT2D eigenvalue weighted by Gasteiger charge is -2.26. The summed E-state index contributed by atoms with van der Waals surface area (Å²) in [7, 11) is 1.41. The van der Waals surface area contributed by atoms with Gasteiger partial charge in [-0.1, -0.05) is 5.16 Å². The van der Waals surface area contributed by atoms with Crippen LogP contribution in [0.25, 0.3) is 0 Å². The zero-order chi connectivity index (χ0) is 21.3. The normalized spacial score (nSPS) is 13.4. The number of nitrogens with zero attached hydrogens (tertiary/aromatic N) is 2. The minimum atomic E-state index is -0.723. The van der Waals surface area contributed by atoms with Crippen molar-refractivity contribution in [3.8, 4) is 11.5 Å². The van der Waals surface area contributed by atoms with E-state index < -0.39 is 18.5 Å². The lowest BCUT2D eigenvalue weighted by molar-refractivity contribution is -0.137. The Kier molecular flexibility index (Phi) is 7.22. The number of anilines is 1. The first-order chi connectivity index (χ1) is 14.6. The van der Waals surface area contributed by atoms with Gasteiger partial charge in [-0.05, 0) is 18.2 Å². The van der Waals surface area contributed by atoms with Crippen molar-refractivity contribution in [1.29, 1.82) is 0 Å². The fourth-order valence-electron chi connectivity index (χ4n) is 2.63. The van der Waals surface area contributed by atoms with Gasteiger partial charge in [0.15, 0.2) is 30.5 Å². The highest BCUT2D eigenvalue weighted by Gasteiger charge is 2.19. The average Bonchev–Trinajstić information content (AvgIpc) is 3.29. The van der Waals surface area contributed by atoms with Crippen LogP contribution in [0.5, 0.6) is 11.5 Å². The molecule has 1 aliphatic rings. The quantitative estimate of drug-likeness (QED) is 0.615. The van der Waals surface area contributed by atoms with E-state index in [4.69, 9.17) is 18.9 Å². The van der Waals surface area contributed by atoms with Crippen LogP contribution in [0.3, 0.4) is 0 Å². The number of esters is 1. The number of carbonyl (C=O) groups is 3. The first-order valence-electron chi connectivity index (χ1n) is 9.10. The standard InChI is InChI=1S/C19H21N3O8/c1-26-15-10-13(19(25)29-11-17(23)20-16-4-7-30-21-16)2-3-14(15)28-12-18(24)22-5-8-27-9-6-22/h2-4,7,10H,5-6,8-9,11-12H2,1H3,(H,20,21,23). The van der Waals surface area contributed by atoms with Crippen LogP contribution in [0, 0.1) is 0 Å². The van der Waals surface area contributed by atoms with E-state index in [1.54, 1.807) is 4.90 Å². The predicted molar refractivity (Wildman–Crippen MR) is 101 cm³/mol. The molecule has 0 aliphatic carbocycles. The molecule has 1 aromatic heterocycles. The van der Waals surface area contributed by atoms with E-state index in [9.17, 15) is 14.4 Å². The van der Waals surface area contributed by atoms with Crippen LogP contribution < -0.4 is 14.8 Å². The summed E-state index contributed by atoms with van der Waals surface area (Å²) in [6.07, 6.45) is 1.30. The minimum Gasteiger partial charge on any atom is -0.493 e. The number of nitrogens with one attached hydrogen (secondary N) is 1. The van der Waals surface area contributed by atoms with E-state index in [-0.39, 0.29) is 29.6 Å². The summed E-state index contributed by atoms with van der Waals surface area (Å²) in [6.45, 7) is 1.39. The molecule has 2 amide bonds. The van der Waals surface area contributed by atoms with Crippen LogP contribution in [0.4, 0.5) is 5.82 Å². The van der Waals surface area contributed by atoms with E-state index in [0.29, 0.717) is 32.1 Å². The number of hydrogen-bond donors (Lipinski definition) is 1. The Labute approximate surface area is 171 Å². The van der Waals surface area contributed by atoms with Crippen LogP contribution in [0.2, 0.25) is 0 Å². The number of carbonyl (C=O) groups excluding carboxylic acids is 3. The van der Waals surface area contributed by atoms with E-state index in [0.717, 1.165) is 0 Å². The van der Waals surface area contributed by atoms with Crippen LogP contribution in [-0.4, -0.2) is 74.5 Å². The Balaban J connectivity index is 1.52. The summed E-state index contributed by atoms with van der Waals surface area (Å²) in [6, 6.07) is 5.81. The summed E-state index contributed by atoms with van der Waals surface area (Å²) >= 11 is 0. The van der Waals surface area contributed by atoms with Crippen molar-refractivity contribution >= 4 is 23.6 Å². The van der Waals surface area contributed by atoms with Gasteiger partial charge in [0, 0.05) is 19.2 Å². The maximum Gasteiger partial charge on any atom is 0.338 e. The number of rotatable bonds is 8. The van der Waals surface area contributed by atoms with Crippen LogP contribution in [0.1, 0.15) is 10.4 Å². The molecule has 0 atom stereocenters. The highest BCUT2D eigenvalue weighted by molar-refractivity contribution is 5.95. The molecule has 0 radical (unpaired) electrons. The molecule has 0 unspecified atom stereocenters. The molecule has 0 bridgehead atoms. The maximum absolute atomic E-state index is 12.2. The van der Waals surface area contributed by atoms with Gasteiger partial charge in [0.05, 0.1) is 25.9 Å². The molecule has 3 rings (SSSR count). The number of benzene rings is 1. The zero-order valence-corrected chi connectivity index (χ0v) is 16.3. The third kappa shape index (κ3) is 5.70. The van der Waals surface area contributed by atoms with Crippen molar-refractivity contribution in [1.82, 2.24) is 10.1 Å². The molecule has 11 nitrogen and oxygen atoms in total. The van der Waals surface area contributed by atoms with Crippen molar-refractivity contribution in [2.24, 2.45) is 0 Å². The van der Waals surface area contributed by atoms with Gasteiger partial charge in [-0.25, -0.2) is 4.79 Å². The van der Waals surface area contributed by atoms with Gasteiger partial charge >= 0.3 is 5.97 Å². The molecule has 1 aromatic carbocycles. The monoisotopic (exact) mass is 419 g/mol. The third-order valence-corrected chi connectivity index (χ3v) is 4.15. The third-order valence-electron chi connectivity index (χ3n) is 4.15. The summed E-state index contributed by atoms with van der Waals surface area (Å²) in [5, 5.41) is 5.93. The van der Waals surface area contributed by atoms with E-state index >= 15 is 0 Å². The number of aromatic nitrogens is 1. The van der Waals surface area contributed by atoms with Gasteiger partial charge in [-0.3, -0.25) is 9.59 Å². The lowest BCUT2D eigenvalue weighted by atomic mass is 10.2. The Hall–Kier alpha value is -3.60. The molecule has 2 heterocycles. The second-order valence-corrected chi connectivity index (χ2v) is 6.16. The number of methoxy groups -OCH3 is 1. The Bertz CT molecular complexity index is 878. The van der Waals surface area contributed by atoms with Gasteiger partial charge < -0.3 is 33.7 Å². The SMILES string of the molecule is COc1cc(C(=O)OCC(=O)Nc2ccon2)ccc1OCC(=O)N1CCOCC1. The Morgan fingerprint density at radius 2 is 1.93 bits per heavy atom. The minimum absolute atomic E-state index is 0.160. The zero-order valence-electron chi connectivity index (χ0n) is 16.3. The molecular weight excluding hydrogens is 398 g/mol. The molecule has 30 heavy (non-hydrogen) atoms. The fraction of sp³-hybridized carbons (Fsp3) is 0.368. The highest BCUT2D eigenvalue weighted by atomic mass is 16.5.